The van der Waals surface area contributed by atoms with Crippen molar-refractivity contribution < 1.29 is 0 Å². The Morgan fingerprint density at radius 1 is 1.60 bits per heavy atom. The van der Waals surface area contributed by atoms with Crippen LogP contribution in [0.4, 0.5) is 0 Å². The fourth-order valence-electron chi connectivity index (χ4n) is 0.199. The lowest BCUT2D eigenvalue weighted by atomic mass is 10.5. The SMILES string of the molecule is C1=CNNN=N1.CCCN. The monoisotopic (exact) mass is 143 g/mol. The summed E-state index contributed by atoms with van der Waals surface area (Å²) >= 11 is 0. The van der Waals surface area contributed by atoms with Crippen molar-refractivity contribution in [1.29, 1.82) is 0 Å². The number of rotatable bonds is 1. The van der Waals surface area contributed by atoms with Crippen molar-refractivity contribution in [3.63, 3.8) is 0 Å². The number of nitrogens with two attached hydrogens (primary N) is 1. The average Bonchev–Trinajstić information content (AvgIpc) is 2.08. The molecule has 10 heavy (non-hydrogen) atoms. The molecule has 0 bridgehead atoms. The van der Waals surface area contributed by atoms with Crippen LogP contribution in [0.3, 0.4) is 0 Å². The van der Waals surface area contributed by atoms with Gasteiger partial charge in [-0.25, -0.2) is 5.53 Å². The van der Waals surface area contributed by atoms with E-state index in [-0.39, 0.29) is 0 Å². The highest BCUT2D eigenvalue weighted by Crippen LogP contribution is 1.74. The molecule has 0 amide bonds. The van der Waals surface area contributed by atoms with Crippen LogP contribution >= 0.6 is 0 Å². The smallest absolute Gasteiger partial charge is 0.0689 e. The predicted octanol–water partition coefficient (Wildman–Crippen LogP) is 0.288. The van der Waals surface area contributed by atoms with Crippen molar-refractivity contribution in [3.05, 3.63) is 12.4 Å². The minimum absolute atomic E-state index is 0.819. The normalized spacial score (nSPS) is 12.6. The number of nitrogens with one attached hydrogen (secondary N) is 2. The number of nitrogens with zero attached hydrogens (tertiary/aromatic N) is 2. The van der Waals surface area contributed by atoms with Gasteiger partial charge in [-0.1, -0.05) is 12.1 Å². The van der Waals surface area contributed by atoms with E-state index in [4.69, 9.17) is 5.73 Å². The molecule has 1 aliphatic rings. The zero-order chi connectivity index (χ0) is 7.66. The molecule has 1 aliphatic heterocycles. The second kappa shape index (κ2) is 7.90. The van der Waals surface area contributed by atoms with Gasteiger partial charge in [0.2, 0.25) is 0 Å². The summed E-state index contributed by atoms with van der Waals surface area (Å²) in [4.78, 5) is 0. The molecule has 0 saturated carbocycles. The van der Waals surface area contributed by atoms with Crippen LogP contribution in [-0.4, -0.2) is 6.54 Å². The Kier molecular flexibility index (Phi) is 7.03. The highest BCUT2D eigenvalue weighted by Gasteiger charge is 1.72. The largest absolute Gasteiger partial charge is 0.330 e. The Bertz CT molecular complexity index is 94.6. The molecule has 0 aromatic carbocycles. The summed E-state index contributed by atoms with van der Waals surface area (Å²) in [5.41, 5.74) is 10.0. The Morgan fingerprint density at radius 2 is 2.30 bits per heavy atom. The highest BCUT2D eigenvalue weighted by molar-refractivity contribution is 4.74. The van der Waals surface area contributed by atoms with Gasteiger partial charge < -0.3 is 5.73 Å². The van der Waals surface area contributed by atoms with E-state index in [2.05, 4.69) is 28.2 Å². The minimum atomic E-state index is 0.819. The van der Waals surface area contributed by atoms with Crippen molar-refractivity contribution in [2.24, 2.45) is 16.1 Å². The van der Waals surface area contributed by atoms with E-state index < -0.39 is 0 Å². The maximum atomic E-state index is 5.03. The molecule has 0 spiro atoms. The van der Waals surface area contributed by atoms with Gasteiger partial charge in [-0.05, 0) is 13.0 Å². The van der Waals surface area contributed by atoms with Gasteiger partial charge in [0.25, 0.3) is 0 Å². The molecule has 1 rings (SSSR count). The third kappa shape index (κ3) is 6.90. The zero-order valence-corrected chi connectivity index (χ0v) is 6.04. The number of hydrazine groups is 1. The average molecular weight is 143 g/mol. The van der Waals surface area contributed by atoms with E-state index in [9.17, 15) is 0 Å². The Morgan fingerprint density at radius 3 is 2.40 bits per heavy atom. The van der Waals surface area contributed by atoms with Gasteiger partial charge >= 0.3 is 0 Å². The van der Waals surface area contributed by atoms with Crippen LogP contribution in [0.2, 0.25) is 0 Å². The Labute approximate surface area is 60.3 Å². The predicted molar refractivity (Wildman–Crippen MR) is 39.6 cm³/mol. The lowest BCUT2D eigenvalue weighted by Crippen LogP contribution is -2.21. The van der Waals surface area contributed by atoms with Gasteiger partial charge in [0.15, 0.2) is 0 Å². The molecule has 5 nitrogen and oxygen atoms in total. The number of hydrogen-bond acceptors (Lipinski definition) is 5. The van der Waals surface area contributed by atoms with Gasteiger partial charge in [0.1, 0.15) is 0 Å². The van der Waals surface area contributed by atoms with Crippen molar-refractivity contribution in [3.8, 4) is 0 Å². The first kappa shape index (κ1) is 8.90. The van der Waals surface area contributed by atoms with E-state index in [1.54, 1.807) is 12.4 Å². The molecule has 0 radical (unpaired) electrons. The highest BCUT2D eigenvalue weighted by atomic mass is 15.6. The first-order valence-electron chi connectivity index (χ1n) is 3.17. The summed E-state index contributed by atoms with van der Waals surface area (Å²) in [7, 11) is 0. The molecule has 1 heterocycles. The molecule has 0 atom stereocenters. The second-order valence-corrected chi connectivity index (χ2v) is 1.58. The van der Waals surface area contributed by atoms with E-state index >= 15 is 0 Å². The summed E-state index contributed by atoms with van der Waals surface area (Å²) in [5.74, 6) is 0. The molecule has 5 heteroatoms. The molecule has 58 valence electrons. The summed E-state index contributed by atoms with van der Waals surface area (Å²) in [5, 5.41) is 6.80. The third-order valence-electron chi connectivity index (χ3n) is 0.685. The zero-order valence-electron chi connectivity index (χ0n) is 6.04. The Hall–Kier alpha value is -1.10. The number of hydrogen-bond donors (Lipinski definition) is 3. The third-order valence-corrected chi connectivity index (χ3v) is 0.685. The molecule has 0 unspecified atom stereocenters. The molecular formula is C5H13N5. The Balaban J connectivity index is 0.000000180. The fraction of sp³-hybridized carbons (Fsp3) is 0.600. The van der Waals surface area contributed by atoms with E-state index in [0.717, 1.165) is 13.0 Å². The molecule has 0 saturated heterocycles. The first-order chi connectivity index (χ1) is 4.91. The van der Waals surface area contributed by atoms with Crippen LogP contribution in [0.1, 0.15) is 13.3 Å². The van der Waals surface area contributed by atoms with Crippen LogP contribution in [0, 0.1) is 0 Å². The standard InChI is InChI=1S/C3H9N.C2H4N4/c1-2-3-4;1-2-4-6-5-3-1/h2-4H2,1H3;1-2H,(H,3,6)(H,4,5). The molecule has 0 fully saturated rings. The summed E-state index contributed by atoms with van der Waals surface area (Å²) in [6.45, 7) is 2.88. The van der Waals surface area contributed by atoms with E-state index in [0.29, 0.717) is 0 Å². The molecule has 0 aromatic rings. The summed E-state index contributed by atoms with van der Waals surface area (Å²) < 4.78 is 0. The van der Waals surface area contributed by atoms with Crippen molar-refractivity contribution >= 4 is 0 Å². The summed E-state index contributed by atoms with van der Waals surface area (Å²) in [6, 6.07) is 0. The molecule has 0 aliphatic carbocycles. The van der Waals surface area contributed by atoms with Gasteiger partial charge in [-0.15, -0.1) is 5.11 Å². The van der Waals surface area contributed by atoms with Crippen LogP contribution in [0.5, 0.6) is 0 Å². The topological polar surface area (TPSA) is 74.8 Å². The van der Waals surface area contributed by atoms with Crippen LogP contribution in [0.25, 0.3) is 0 Å². The van der Waals surface area contributed by atoms with E-state index in [1.807, 2.05) is 0 Å². The van der Waals surface area contributed by atoms with Gasteiger partial charge in [-0.2, -0.15) is 0 Å². The molecule has 4 N–H and O–H groups in total. The maximum absolute atomic E-state index is 5.03. The van der Waals surface area contributed by atoms with Crippen LogP contribution in [0.15, 0.2) is 22.7 Å². The second-order valence-electron chi connectivity index (χ2n) is 1.58. The maximum Gasteiger partial charge on any atom is 0.0689 e. The molecule has 0 aromatic heterocycles. The van der Waals surface area contributed by atoms with Crippen molar-refractivity contribution in [1.82, 2.24) is 11.0 Å². The van der Waals surface area contributed by atoms with Crippen molar-refractivity contribution in [2.45, 2.75) is 13.3 Å². The van der Waals surface area contributed by atoms with Gasteiger partial charge in [0.05, 0.1) is 6.20 Å². The fourth-order valence-corrected chi connectivity index (χ4v) is 0.199. The van der Waals surface area contributed by atoms with Crippen LogP contribution in [-0.2, 0) is 0 Å². The first-order valence-corrected chi connectivity index (χ1v) is 3.17. The van der Waals surface area contributed by atoms with Gasteiger partial charge in [0, 0.05) is 6.20 Å². The molecular weight excluding hydrogens is 130 g/mol. The van der Waals surface area contributed by atoms with Crippen LogP contribution < -0.4 is 16.7 Å². The lowest BCUT2D eigenvalue weighted by molar-refractivity contribution is 0.608. The van der Waals surface area contributed by atoms with E-state index in [1.165, 1.54) is 0 Å². The summed E-state index contributed by atoms with van der Waals surface area (Å²) in [6.07, 6.45) is 4.30. The van der Waals surface area contributed by atoms with Crippen molar-refractivity contribution in [2.75, 3.05) is 6.54 Å². The minimum Gasteiger partial charge on any atom is -0.330 e. The quantitative estimate of drug-likeness (QED) is 0.493. The van der Waals surface area contributed by atoms with Gasteiger partial charge in [-0.3, -0.25) is 5.43 Å². The lowest BCUT2D eigenvalue weighted by Gasteiger charge is -1.96.